The maximum atomic E-state index is 12.4. The first-order valence-corrected chi connectivity index (χ1v) is 6.85. The third-order valence-corrected chi connectivity index (χ3v) is 3.69. The van der Waals surface area contributed by atoms with E-state index in [4.69, 9.17) is 4.74 Å². The molecular formula is C14H18N2O5. The highest BCUT2D eigenvalue weighted by molar-refractivity contribution is 6.01. The van der Waals surface area contributed by atoms with Gasteiger partial charge in [-0.15, -0.1) is 0 Å². The third kappa shape index (κ3) is 3.30. The second kappa shape index (κ2) is 6.53. The fraction of sp³-hybridized carbons (Fsp3) is 0.500. The Morgan fingerprint density at radius 3 is 2.76 bits per heavy atom. The summed E-state index contributed by atoms with van der Waals surface area (Å²) in [6.07, 6.45) is 2.50. The summed E-state index contributed by atoms with van der Waals surface area (Å²) in [5, 5.41) is 23.6. The maximum Gasteiger partial charge on any atom is 0.285 e. The van der Waals surface area contributed by atoms with Crippen molar-refractivity contribution in [2.24, 2.45) is 0 Å². The van der Waals surface area contributed by atoms with Gasteiger partial charge in [-0.05, 0) is 18.9 Å². The largest absolute Gasteiger partial charge is 0.496 e. The fourth-order valence-corrected chi connectivity index (χ4v) is 2.59. The molecule has 2 rings (SSSR count). The molecule has 0 unspecified atom stereocenters. The van der Waals surface area contributed by atoms with Crippen LogP contribution in [0.2, 0.25) is 0 Å². The lowest BCUT2D eigenvalue weighted by Crippen LogP contribution is -2.45. The summed E-state index contributed by atoms with van der Waals surface area (Å²) < 4.78 is 5.05. The summed E-state index contributed by atoms with van der Waals surface area (Å²) >= 11 is 0. The van der Waals surface area contributed by atoms with Crippen LogP contribution in [-0.2, 0) is 0 Å². The molecule has 21 heavy (non-hydrogen) atoms. The first-order chi connectivity index (χ1) is 10.0. The molecule has 0 spiro atoms. The number of benzene rings is 1. The van der Waals surface area contributed by atoms with Gasteiger partial charge in [-0.2, -0.15) is 0 Å². The number of aliphatic hydroxyl groups excluding tert-OH is 1. The molecule has 0 bridgehead atoms. The highest BCUT2D eigenvalue weighted by Gasteiger charge is 2.30. The predicted molar refractivity (Wildman–Crippen MR) is 75.4 cm³/mol. The summed E-state index contributed by atoms with van der Waals surface area (Å²) in [5.74, 6) is -0.447. The zero-order chi connectivity index (χ0) is 15.4. The van der Waals surface area contributed by atoms with E-state index in [9.17, 15) is 20.0 Å². The Morgan fingerprint density at radius 1 is 1.43 bits per heavy atom. The third-order valence-electron chi connectivity index (χ3n) is 3.69. The number of carbonyl (C=O) groups excluding carboxylic acids is 1. The van der Waals surface area contributed by atoms with Gasteiger partial charge in [0, 0.05) is 6.07 Å². The Morgan fingerprint density at radius 2 is 2.14 bits per heavy atom. The average Bonchev–Trinajstić information content (AvgIpc) is 2.48. The minimum Gasteiger partial charge on any atom is -0.496 e. The molecule has 1 aliphatic carbocycles. The van der Waals surface area contributed by atoms with Gasteiger partial charge in [0.15, 0.2) is 5.56 Å². The number of rotatable bonds is 4. The molecule has 1 amide bonds. The standard InChI is InChI=1S/C14H18N2O5/c1-21-12-8-4-6-10(16(19)20)13(12)14(18)15-9-5-2-3-7-11(9)17/h4,6,8-9,11,17H,2-3,5,7H2,1H3,(H,15,18)/t9-,11-/m0/s1. The summed E-state index contributed by atoms with van der Waals surface area (Å²) in [7, 11) is 1.35. The predicted octanol–water partition coefficient (Wildman–Crippen LogP) is 1.64. The van der Waals surface area contributed by atoms with Gasteiger partial charge in [0.05, 0.1) is 24.2 Å². The second-order valence-electron chi connectivity index (χ2n) is 5.04. The number of hydrogen-bond acceptors (Lipinski definition) is 5. The number of nitrogens with zero attached hydrogens (tertiary/aromatic N) is 1. The Bertz CT molecular complexity index is 546. The quantitative estimate of drug-likeness (QED) is 0.649. The Labute approximate surface area is 122 Å². The summed E-state index contributed by atoms with van der Waals surface area (Å²) in [6, 6.07) is 3.84. The van der Waals surface area contributed by atoms with Crippen LogP contribution in [0.25, 0.3) is 0 Å². The van der Waals surface area contributed by atoms with Crippen molar-refractivity contribution in [2.75, 3.05) is 7.11 Å². The number of nitro benzene ring substituents is 1. The van der Waals surface area contributed by atoms with Crippen LogP contribution in [0.1, 0.15) is 36.0 Å². The number of aliphatic hydroxyl groups is 1. The lowest BCUT2D eigenvalue weighted by Gasteiger charge is -2.28. The van der Waals surface area contributed by atoms with Crippen molar-refractivity contribution in [1.29, 1.82) is 0 Å². The van der Waals surface area contributed by atoms with Crippen molar-refractivity contribution in [3.05, 3.63) is 33.9 Å². The first kappa shape index (κ1) is 15.2. The molecule has 7 heteroatoms. The molecule has 1 aromatic rings. The molecule has 1 fully saturated rings. The van der Waals surface area contributed by atoms with Crippen molar-refractivity contribution >= 4 is 11.6 Å². The number of amides is 1. The highest BCUT2D eigenvalue weighted by atomic mass is 16.6. The molecule has 0 heterocycles. The number of carbonyl (C=O) groups is 1. The molecule has 114 valence electrons. The molecule has 7 nitrogen and oxygen atoms in total. The van der Waals surface area contributed by atoms with Crippen LogP contribution in [0, 0.1) is 10.1 Å². The first-order valence-electron chi connectivity index (χ1n) is 6.85. The Kier molecular flexibility index (Phi) is 4.74. The van der Waals surface area contributed by atoms with E-state index in [1.807, 2.05) is 0 Å². The monoisotopic (exact) mass is 294 g/mol. The van der Waals surface area contributed by atoms with E-state index in [1.54, 1.807) is 0 Å². The number of ether oxygens (including phenoxy) is 1. The van der Waals surface area contributed by atoms with Gasteiger partial charge >= 0.3 is 0 Å². The lowest BCUT2D eigenvalue weighted by atomic mass is 9.92. The van der Waals surface area contributed by atoms with E-state index in [0.29, 0.717) is 12.8 Å². The molecule has 2 N–H and O–H groups in total. The van der Waals surface area contributed by atoms with Crippen LogP contribution < -0.4 is 10.1 Å². The Balaban J connectivity index is 2.27. The zero-order valence-corrected chi connectivity index (χ0v) is 11.7. The van der Waals surface area contributed by atoms with Crippen LogP contribution in [0.3, 0.4) is 0 Å². The van der Waals surface area contributed by atoms with Crippen LogP contribution >= 0.6 is 0 Å². The topological polar surface area (TPSA) is 102 Å². The zero-order valence-electron chi connectivity index (χ0n) is 11.7. The number of hydrogen-bond donors (Lipinski definition) is 2. The minimum absolute atomic E-state index is 0.109. The average molecular weight is 294 g/mol. The second-order valence-corrected chi connectivity index (χ2v) is 5.04. The van der Waals surface area contributed by atoms with Crippen molar-refractivity contribution in [3.63, 3.8) is 0 Å². The molecule has 0 saturated heterocycles. The molecule has 0 aliphatic heterocycles. The number of nitrogens with one attached hydrogen (secondary N) is 1. The minimum atomic E-state index is -0.616. The molecule has 0 radical (unpaired) electrons. The van der Waals surface area contributed by atoms with Gasteiger partial charge in [-0.25, -0.2) is 0 Å². The lowest BCUT2D eigenvalue weighted by molar-refractivity contribution is -0.385. The SMILES string of the molecule is COc1cccc([N+](=O)[O-])c1C(=O)N[C@H]1CCCC[C@@H]1O. The van der Waals surface area contributed by atoms with Crippen LogP contribution in [-0.4, -0.2) is 35.2 Å². The van der Waals surface area contributed by atoms with Gasteiger partial charge in [0.2, 0.25) is 0 Å². The van der Waals surface area contributed by atoms with Gasteiger partial charge < -0.3 is 15.2 Å². The molecular weight excluding hydrogens is 276 g/mol. The van der Waals surface area contributed by atoms with Gasteiger partial charge in [-0.1, -0.05) is 18.9 Å². The van der Waals surface area contributed by atoms with E-state index in [-0.39, 0.29) is 23.0 Å². The van der Waals surface area contributed by atoms with Crippen molar-refractivity contribution in [2.45, 2.75) is 37.8 Å². The summed E-state index contributed by atoms with van der Waals surface area (Å²) in [4.78, 5) is 22.8. The van der Waals surface area contributed by atoms with E-state index < -0.39 is 16.9 Å². The molecule has 2 atom stereocenters. The fourth-order valence-electron chi connectivity index (χ4n) is 2.59. The number of nitro groups is 1. The van der Waals surface area contributed by atoms with E-state index in [0.717, 1.165) is 12.8 Å². The van der Waals surface area contributed by atoms with Crippen molar-refractivity contribution < 1.29 is 19.6 Å². The van der Waals surface area contributed by atoms with Crippen LogP contribution in [0.15, 0.2) is 18.2 Å². The van der Waals surface area contributed by atoms with E-state index in [1.165, 1.54) is 25.3 Å². The molecule has 1 aliphatic rings. The Hall–Kier alpha value is -2.15. The highest BCUT2D eigenvalue weighted by Crippen LogP contribution is 2.28. The van der Waals surface area contributed by atoms with Crippen molar-refractivity contribution in [3.8, 4) is 5.75 Å². The van der Waals surface area contributed by atoms with E-state index >= 15 is 0 Å². The molecule has 1 saturated carbocycles. The van der Waals surface area contributed by atoms with Crippen LogP contribution in [0.4, 0.5) is 5.69 Å². The normalized spacial score (nSPS) is 21.6. The van der Waals surface area contributed by atoms with E-state index in [2.05, 4.69) is 5.32 Å². The van der Waals surface area contributed by atoms with Crippen molar-refractivity contribution in [1.82, 2.24) is 5.32 Å². The molecule has 1 aromatic carbocycles. The van der Waals surface area contributed by atoms with Gasteiger partial charge in [0.25, 0.3) is 11.6 Å². The van der Waals surface area contributed by atoms with Gasteiger partial charge in [-0.3, -0.25) is 14.9 Å². The van der Waals surface area contributed by atoms with Gasteiger partial charge in [0.1, 0.15) is 5.75 Å². The smallest absolute Gasteiger partial charge is 0.285 e. The van der Waals surface area contributed by atoms with Crippen LogP contribution in [0.5, 0.6) is 5.75 Å². The summed E-state index contributed by atoms with van der Waals surface area (Å²) in [5.41, 5.74) is -0.417. The maximum absolute atomic E-state index is 12.4. The summed E-state index contributed by atoms with van der Waals surface area (Å²) in [6.45, 7) is 0. The molecule has 0 aromatic heterocycles. The number of methoxy groups -OCH3 is 1.